The first kappa shape index (κ1) is 15.6. The van der Waals surface area contributed by atoms with Crippen molar-refractivity contribution in [3.8, 4) is 5.75 Å². The molecule has 1 fully saturated rings. The van der Waals surface area contributed by atoms with Crippen molar-refractivity contribution in [1.29, 1.82) is 0 Å². The SMILES string of the molecule is COCC1(C)NC(=O)N(CCOc2cccc(Cl)c2)C1=O. The van der Waals surface area contributed by atoms with Crippen molar-refractivity contribution in [3.63, 3.8) is 0 Å². The summed E-state index contributed by atoms with van der Waals surface area (Å²) in [5.41, 5.74) is -1.01. The van der Waals surface area contributed by atoms with Crippen molar-refractivity contribution in [1.82, 2.24) is 10.2 Å². The molecule has 1 saturated heterocycles. The average molecular weight is 313 g/mol. The molecule has 0 aromatic heterocycles. The van der Waals surface area contributed by atoms with Crippen LogP contribution in [0.25, 0.3) is 0 Å². The lowest BCUT2D eigenvalue weighted by atomic mass is 10.0. The van der Waals surface area contributed by atoms with Crippen LogP contribution in [0.5, 0.6) is 5.75 Å². The maximum absolute atomic E-state index is 12.2. The molecule has 7 heteroatoms. The number of ether oxygens (including phenoxy) is 2. The summed E-state index contributed by atoms with van der Waals surface area (Å²) in [7, 11) is 1.48. The highest BCUT2D eigenvalue weighted by Gasteiger charge is 2.47. The molecule has 1 aromatic rings. The number of rotatable bonds is 6. The zero-order valence-electron chi connectivity index (χ0n) is 11.9. The normalized spacial score (nSPS) is 21.6. The summed E-state index contributed by atoms with van der Waals surface area (Å²) < 4.78 is 10.5. The number of hydrogen-bond donors (Lipinski definition) is 1. The smallest absolute Gasteiger partial charge is 0.325 e. The second-order valence-corrected chi connectivity index (χ2v) is 5.39. The maximum atomic E-state index is 12.2. The molecule has 6 nitrogen and oxygen atoms in total. The van der Waals surface area contributed by atoms with Crippen LogP contribution in [0.4, 0.5) is 4.79 Å². The van der Waals surface area contributed by atoms with E-state index in [1.165, 1.54) is 7.11 Å². The summed E-state index contributed by atoms with van der Waals surface area (Å²) in [5, 5.41) is 3.19. The van der Waals surface area contributed by atoms with Gasteiger partial charge in [-0.3, -0.25) is 9.69 Å². The number of nitrogens with zero attached hydrogens (tertiary/aromatic N) is 1. The van der Waals surface area contributed by atoms with E-state index in [4.69, 9.17) is 21.1 Å². The Morgan fingerprint density at radius 2 is 2.14 bits per heavy atom. The van der Waals surface area contributed by atoms with Gasteiger partial charge in [-0.05, 0) is 25.1 Å². The molecule has 1 aliphatic heterocycles. The van der Waals surface area contributed by atoms with Gasteiger partial charge in [0.05, 0.1) is 13.2 Å². The Balaban J connectivity index is 1.91. The number of amides is 3. The number of halogens is 1. The highest BCUT2D eigenvalue weighted by Crippen LogP contribution is 2.19. The zero-order valence-corrected chi connectivity index (χ0v) is 12.6. The van der Waals surface area contributed by atoms with E-state index in [0.717, 1.165) is 4.90 Å². The van der Waals surface area contributed by atoms with Crippen molar-refractivity contribution < 1.29 is 19.1 Å². The van der Waals surface area contributed by atoms with Gasteiger partial charge in [0.2, 0.25) is 0 Å². The number of imide groups is 1. The first-order valence-electron chi connectivity index (χ1n) is 6.48. The molecule has 1 N–H and O–H groups in total. The topological polar surface area (TPSA) is 67.9 Å². The van der Waals surface area contributed by atoms with Gasteiger partial charge in [0.1, 0.15) is 17.9 Å². The molecule has 21 heavy (non-hydrogen) atoms. The van der Waals surface area contributed by atoms with Gasteiger partial charge >= 0.3 is 6.03 Å². The molecular formula is C14H17ClN2O4. The largest absolute Gasteiger partial charge is 0.492 e. The Hall–Kier alpha value is -1.79. The second kappa shape index (κ2) is 6.32. The minimum Gasteiger partial charge on any atom is -0.492 e. The Morgan fingerprint density at radius 3 is 2.81 bits per heavy atom. The van der Waals surface area contributed by atoms with E-state index in [2.05, 4.69) is 5.32 Å². The Bertz CT molecular complexity index is 552. The van der Waals surface area contributed by atoms with Crippen molar-refractivity contribution >= 4 is 23.5 Å². The van der Waals surface area contributed by atoms with Gasteiger partial charge in [0, 0.05) is 12.1 Å². The highest BCUT2D eigenvalue weighted by atomic mass is 35.5. The Labute approximate surface area is 128 Å². The van der Waals surface area contributed by atoms with Crippen LogP contribution in [0.3, 0.4) is 0 Å². The third-order valence-electron chi connectivity index (χ3n) is 3.16. The van der Waals surface area contributed by atoms with Gasteiger partial charge < -0.3 is 14.8 Å². The standard InChI is InChI=1S/C14H17ClN2O4/c1-14(9-20-2)12(18)17(13(19)16-14)6-7-21-11-5-3-4-10(15)8-11/h3-5,8H,6-7,9H2,1-2H3,(H,16,19). The van der Waals surface area contributed by atoms with Gasteiger partial charge in [0.25, 0.3) is 5.91 Å². The number of carbonyl (C=O) groups is 2. The molecule has 0 aliphatic carbocycles. The predicted octanol–water partition coefficient (Wildman–Crippen LogP) is 1.68. The van der Waals surface area contributed by atoms with Crippen molar-refractivity contribution in [2.75, 3.05) is 26.9 Å². The monoisotopic (exact) mass is 312 g/mol. The van der Waals surface area contributed by atoms with E-state index in [0.29, 0.717) is 10.8 Å². The van der Waals surface area contributed by atoms with E-state index in [-0.39, 0.29) is 25.7 Å². The van der Waals surface area contributed by atoms with Crippen LogP contribution < -0.4 is 10.1 Å². The lowest BCUT2D eigenvalue weighted by Crippen LogP contribution is -2.48. The Morgan fingerprint density at radius 1 is 1.38 bits per heavy atom. The molecule has 0 saturated carbocycles. The number of nitrogens with one attached hydrogen (secondary N) is 1. The third-order valence-corrected chi connectivity index (χ3v) is 3.39. The van der Waals surface area contributed by atoms with Crippen LogP contribution >= 0.6 is 11.6 Å². The number of urea groups is 1. The quantitative estimate of drug-likeness (QED) is 0.811. The molecule has 0 spiro atoms. The molecule has 2 rings (SSSR count). The van der Waals surface area contributed by atoms with Gasteiger partial charge in [-0.25, -0.2) is 4.79 Å². The fraction of sp³-hybridized carbons (Fsp3) is 0.429. The predicted molar refractivity (Wildman–Crippen MR) is 77.5 cm³/mol. The van der Waals surface area contributed by atoms with E-state index >= 15 is 0 Å². The molecule has 1 unspecified atom stereocenters. The van der Waals surface area contributed by atoms with Crippen molar-refractivity contribution in [3.05, 3.63) is 29.3 Å². The molecule has 114 valence electrons. The lowest BCUT2D eigenvalue weighted by Gasteiger charge is -2.20. The van der Waals surface area contributed by atoms with Gasteiger partial charge in [-0.15, -0.1) is 0 Å². The second-order valence-electron chi connectivity index (χ2n) is 4.96. The van der Waals surface area contributed by atoms with Gasteiger partial charge in [0.15, 0.2) is 0 Å². The first-order valence-corrected chi connectivity index (χ1v) is 6.85. The van der Waals surface area contributed by atoms with Crippen LogP contribution in [-0.4, -0.2) is 49.2 Å². The van der Waals surface area contributed by atoms with Crippen molar-refractivity contribution in [2.24, 2.45) is 0 Å². The summed E-state index contributed by atoms with van der Waals surface area (Å²) in [6.07, 6.45) is 0. The number of benzene rings is 1. The lowest BCUT2D eigenvalue weighted by molar-refractivity contribution is -0.132. The fourth-order valence-electron chi connectivity index (χ4n) is 2.15. The highest BCUT2D eigenvalue weighted by molar-refractivity contribution is 6.30. The van der Waals surface area contributed by atoms with Crippen LogP contribution in [0, 0.1) is 0 Å². The zero-order chi connectivity index (χ0) is 15.5. The summed E-state index contributed by atoms with van der Waals surface area (Å²) in [5.74, 6) is 0.276. The number of hydrogen-bond acceptors (Lipinski definition) is 4. The summed E-state index contributed by atoms with van der Waals surface area (Å²) in [4.78, 5) is 25.2. The van der Waals surface area contributed by atoms with Crippen LogP contribution in [-0.2, 0) is 9.53 Å². The molecule has 1 aromatic carbocycles. The maximum Gasteiger partial charge on any atom is 0.325 e. The molecule has 1 aliphatic rings. The average Bonchev–Trinajstić information content (AvgIpc) is 2.62. The van der Waals surface area contributed by atoms with E-state index in [1.807, 2.05) is 0 Å². The minimum atomic E-state index is -1.01. The summed E-state index contributed by atoms with van der Waals surface area (Å²) in [6.45, 7) is 2.12. The third kappa shape index (κ3) is 3.46. The van der Waals surface area contributed by atoms with E-state index in [1.54, 1.807) is 31.2 Å². The molecule has 0 radical (unpaired) electrons. The van der Waals surface area contributed by atoms with Crippen LogP contribution in [0.1, 0.15) is 6.92 Å². The van der Waals surface area contributed by atoms with E-state index < -0.39 is 11.6 Å². The number of carbonyl (C=O) groups excluding carboxylic acids is 2. The molecule has 0 bridgehead atoms. The summed E-state index contributed by atoms with van der Waals surface area (Å²) >= 11 is 5.85. The first-order chi connectivity index (χ1) is 9.96. The Kier molecular flexibility index (Phi) is 4.69. The van der Waals surface area contributed by atoms with Crippen LogP contribution in [0.2, 0.25) is 5.02 Å². The van der Waals surface area contributed by atoms with Gasteiger partial charge in [-0.2, -0.15) is 0 Å². The molecule has 1 atom stereocenters. The van der Waals surface area contributed by atoms with Crippen molar-refractivity contribution in [2.45, 2.75) is 12.5 Å². The molecule has 3 amide bonds. The van der Waals surface area contributed by atoms with E-state index in [9.17, 15) is 9.59 Å². The summed E-state index contributed by atoms with van der Waals surface area (Å²) in [6, 6.07) is 6.49. The van der Waals surface area contributed by atoms with Crippen LogP contribution in [0.15, 0.2) is 24.3 Å². The minimum absolute atomic E-state index is 0.128. The fourth-order valence-corrected chi connectivity index (χ4v) is 2.33. The molecular weight excluding hydrogens is 296 g/mol. The van der Waals surface area contributed by atoms with Gasteiger partial charge in [-0.1, -0.05) is 17.7 Å². The number of methoxy groups -OCH3 is 1. The molecule has 1 heterocycles.